The quantitative estimate of drug-likeness (QED) is 0.542. The van der Waals surface area contributed by atoms with Crippen LogP contribution < -0.4 is 4.74 Å². The topological polar surface area (TPSA) is 47.4 Å². The van der Waals surface area contributed by atoms with E-state index in [-0.39, 0.29) is 17.8 Å². The predicted molar refractivity (Wildman–Crippen MR) is 113 cm³/mol. The number of hydrogen-bond acceptors (Lipinski definition) is 3. The molecule has 1 heterocycles. The fourth-order valence-electron chi connectivity index (χ4n) is 3.63. The first-order valence-electron chi connectivity index (χ1n) is 10.3. The van der Waals surface area contributed by atoms with Gasteiger partial charge in [-0.25, -0.2) is 9.07 Å². The van der Waals surface area contributed by atoms with E-state index in [0.717, 1.165) is 29.7 Å². The van der Waals surface area contributed by atoms with Crippen molar-refractivity contribution in [3.8, 4) is 17.3 Å². The van der Waals surface area contributed by atoms with Crippen molar-refractivity contribution in [1.29, 1.82) is 0 Å². The molecule has 5 nitrogen and oxygen atoms in total. The fraction of sp³-hybridized carbons (Fsp3) is 0.333. The smallest absolute Gasteiger partial charge is 0.227 e. The maximum Gasteiger partial charge on any atom is 0.227 e. The molecule has 1 aliphatic carbocycles. The van der Waals surface area contributed by atoms with Crippen molar-refractivity contribution in [3.63, 3.8) is 0 Å². The van der Waals surface area contributed by atoms with E-state index < -0.39 is 0 Å². The minimum atomic E-state index is -0.306. The zero-order valence-corrected chi connectivity index (χ0v) is 17.6. The molecule has 1 fully saturated rings. The second-order valence-corrected chi connectivity index (χ2v) is 7.77. The lowest BCUT2D eigenvalue weighted by Gasteiger charge is -2.21. The first kappa shape index (κ1) is 20.1. The second kappa shape index (κ2) is 8.30. The van der Waals surface area contributed by atoms with Crippen molar-refractivity contribution >= 4 is 5.91 Å². The summed E-state index contributed by atoms with van der Waals surface area (Å²) in [5.74, 6) is 1.01. The van der Waals surface area contributed by atoms with E-state index in [9.17, 15) is 9.18 Å². The molecule has 30 heavy (non-hydrogen) atoms. The molecule has 0 aliphatic heterocycles. The predicted octanol–water partition coefficient (Wildman–Crippen LogP) is 5.19. The first-order valence-corrected chi connectivity index (χ1v) is 10.3. The number of halogens is 1. The molecule has 0 atom stereocenters. The van der Waals surface area contributed by atoms with Crippen LogP contribution in [0.1, 0.15) is 43.5 Å². The van der Waals surface area contributed by atoms with Gasteiger partial charge in [0.2, 0.25) is 11.8 Å². The maximum atomic E-state index is 13.5. The van der Waals surface area contributed by atoms with E-state index in [1.54, 1.807) is 23.7 Å². The van der Waals surface area contributed by atoms with Gasteiger partial charge in [-0.1, -0.05) is 19.1 Å². The first-order chi connectivity index (χ1) is 14.5. The monoisotopic (exact) mass is 407 g/mol. The number of carbonyl (C=O) groups excluding carboxylic acids is 1. The van der Waals surface area contributed by atoms with Gasteiger partial charge < -0.3 is 9.64 Å². The van der Waals surface area contributed by atoms with Gasteiger partial charge in [0.25, 0.3) is 0 Å². The van der Waals surface area contributed by atoms with Crippen molar-refractivity contribution in [3.05, 3.63) is 71.2 Å². The fourth-order valence-corrected chi connectivity index (χ4v) is 3.63. The zero-order valence-electron chi connectivity index (χ0n) is 17.6. The van der Waals surface area contributed by atoms with E-state index in [2.05, 4.69) is 0 Å². The largest absolute Gasteiger partial charge is 0.439 e. The van der Waals surface area contributed by atoms with Crippen LogP contribution in [0.2, 0.25) is 0 Å². The Morgan fingerprint density at radius 2 is 1.97 bits per heavy atom. The number of nitrogens with zero attached hydrogens (tertiary/aromatic N) is 3. The standard InChI is InChI=1S/C24H26FN3O2/c1-4-23-22(15-27(17(3)29)19-12-13-19)24(30-21-7-5-6-16(2)14-21)28(26-23)20-10-8-18(25)9-11-20/h5-11,14,19H,4,12-13,15H2,1-3H3. The maximum absolute atomic E-state index is 13.5. The third kappa shape index (κ3) is 4.22. The van der Waals surface area contributed by atoms with Crippen molar-refractivity contribution in [1.82, 2.24) is 14.7 Å². The minimum Gasteiger partial charge on any atom is -0.439 e. The van der Waals surface area contributed by atoms with E-state index in [0.29, 0.717) is 30.3 Å². The number of ether oxygens (including phenoxy) is 1. The van der Waals surface area contributed by atoms with Gasteiger partial charge in [0, 0.05) is 13.0 Å². The zero-order chi connectivity index (χ0) is 21.3. The molecule has 1 amide bonds. The van der Waals surface area contributed by atoms with Gasteiger partial charge in [0.05, 0.1) is 23.5 Å². The average molecular weight is 407 g/mol. The van der Waals surface area contributed by atoms with Crippen LogP contribution in [0.25, 0.3) is 5.69 Å². The molecular formula is C24H26FN3O2. The summed E-state index contributed by atoms with van der Waals surface area (Å²) in [6.07, 6.45) is 2.76. The lowest BCUT2D eigenvalue weighted by molar-refractivity contribution is -0.130. The molecule has 0 bridgehead atoms. The molecule has 0 spiro atoms. The van der Waals surface area contributed by atoms with Gasteiger partial charge in [-0.05, 0) is 68.1 Å². The van der Waals surface area contributed by atoms with Crippen LogP contribution in [0.3, 0.4) is 0 Å². The highest BCUT2D eigenvalue weighted by Gasteiger charge is 2.33. The molecule has 4 rings (SSSR count). The molecule has 3 aromatic rings. The van der Waals surface area contributed by atoms with E-state index in [1.807, 2.05) is 43.0 Å². The lowest BCUT2D eigenvalue weighted by Crippen LogP contribution is -2.30. The summed E-state index contributed by atoms with van der Waals surface area (Å²) in [6, 6.07) is 14.3. The Hall–Kier alpha value is -3.15. The Labute approximate surface area is 176 Å². The third-order valence-corrected chi connectivity index (χ3v) is 5.35. The Morgan fingerprint density at radius 3 is 2.57 bits per heavy atom. The summed E-state index contributed by atoms with van der Waals surface area (Å²) in [6.45, 7) is 6.10. The van der Waals surface area contributed by atoms with E-state index in [1.165, 1.54) is 12.1 Å². The summed E-state index contributed by atoms with van der Waals surface area (Å²) in [5, 5.41) is 4.77. The number of rotatable bonds is 7. The van der Waals surface area contributed by atoms with Gasteiger partial charge in [0.15, 0.2) is 0 Å². The molecule has 1 aliphatic rings. The normalized spacial score (nSPS) is 13.3. The summed E-state index contributed by atoms with van der Waals surface area (Å²) < 4.78 is 21.5. The van der Waals surface area contributed by atoms with Crippen molar-refractivity contribution < 1.29 is 13.9 Å². The molecule has 0 saturated heterocycles. The molecule has 2 aromatic carbocycles. The molecule has 156 valence electrons. The highest BCUT2D eigenvalue weighted by atomic mass is 19.1. The van der Waals surface area contributed by atoms with Crippen LogP contribution >= 0.6 is 0 Å². The van der Waals surface area contributed by atoms with Crippen LogP contribution in [-0.4, -0.2) is 26.6 Å². The average Bonchev–Trinajstić information content (AvgIpc) is 3.50. The highest BCUT2D eigenvalue weighted by molar-refractivity contribution is 5.74. The van der Waals surface area contributed by atoms with Gasteiger partial charge >= 0.3 is 0 Å². The second-order valence-electron chi connectivity index (χ2n) is 7.77. The van der Waals surface area contributed by atoms with Crippen molar-refractivity contribution in [2.45, 2.75) is 52.6 Å². The van der Waals surface area contributed by atoms with Gasteiger partial charge in [-0.3, -0.25) is 4.79 Å². The van der Waals surface area contributed by atoms with Crippen LogP contribution in [-0.2, 0) is 17.8 Å². The van der Waals surface area contributed by atoms with Crippen LogP contribution in [0, 0.1) is 12.7 Å². The summed E-state index contributed by atoms with van der Waals surface area (Å²) in [5.41, 5.74) is 3.56. The van der Waals surface area contributed by atoms with Crippen LogP contribution in [0.4, 0.5) is 4.39 Å². The summed E-state index contributed by atoms with van der Waals surface area (Å²) in [7, 11) is 0. The highest BCUT2D eigenvalue weighted by Crippen LogP contribution is 2.35. The molecule has 0 unspecified atom stereocenters. The SMILES string of the molecule is CCc1nn(-c2ccc(F)cc2)c(Oc2cccc(C)c2)c1CN(C(C)=O)C1CC1. The molecule has 0 N–H and O–H groups in total. The van der Waals surface area contributed by atoms with E-state index in [4.69, 9.17) is 9.84 Å². The molecule has 6 heteroatoms. The number of carbonyl (C=O) groups is 1. The Morgan fingerprint density at radius 1 is 1.23 bits per heavy atom. The Bertz CT molecular complexity index is 1050. The van der Waals surface area contributed by atoms with Crippen molar-refractivity contribution in [2.24, 2.45) is 0 Å². The van der Waals surface area contributed by atoms with Gasteiger partial charge in [0.1, 0.15) is 11.6 Å². The van der Waals surface area contributed by atoms with Gasteiger partial charge in [-0.15, -0.1) is 0 Å². The molecular weight excluding hydrogens is 381 g/mol. The molecule has 1 aromatic heterocycles. The Kier molecular flexibility index (Phi) is 5.57. The lowest BCUT2D eigenvalue weighted by atomic mass is 10.1. The third-order valence-electron chi connectivity index (χ3n) is 5.35. The number of aromatic nitrogens is 2. The van der Waals surface area contributed by atoms with Gasteiger partial charge in [-0.2, -0.15) is 5.10 Å². The van der Waals surface area contributed by atoms with Crippen LogP contribution in [0.15, 0.2) is 48.5 Å². The number of amides is 1. The van der Waals surface area contributed by atoms with Crippen molar-refractivity contribution in [2.75, 3.05) is 0 Å². The Balaban J connectivity index is 1.82. The number of hydrogen-bond donors (Lipinski definition) is 0. The number of benzene rings is 2. The minimum absolute atomic E-state index is 0.0515. The molecule has 1 saturated carbocycles. The summed E-state index contributed by atoms with van der Waals surface area (Å²) >= 11 is 0. The van der Waals surface area contributed by atoms with E-state index >= 15 is 0 Å². The van der Waals surface area contributed by atoms with Crippen LogP contribution in [0.5, 0.6) is 11.6 Å². The molecule has 0 radical (unpaired) electrons. The number of aryl methyl sites for hydroxylation is 2. The summed E-state index contributed by atoms with van der Waals surface area (Å²) in [4.78, 5) is 14.2.